The van der Waals surface area contributed by atoms with Crippen LogP contribution in [0.1, 0.15) is 30.1 Å². The van der Waals surface area contributed by atoms with Gasteiger partial charge in [0, 0.05) is 34.5 Å². The van der Waals surface area contributed by atoms with Crippen LogP contribution < -0.4 is 10.2 Å². The maximum atomic E-state index is 12.2. The van der Waals surface area contributed by atoms with Crippen LogP contribution in [-0.4, -0.2) is 19.0 Å². The van der Waals surface area contributed by atoms with Crippen molar-refractivity contribution in [2.24, 2.45) is 5.92 Å². The summed E-state index contributed by atoms with van der Waals surface area (Å²) in [7, 11) is 0. The number of anilines is 2. The summed E-state index contributed by atoms with van der Waals surface area (Å²) in [5.41, 5.74) is 2.72. The van der Waals surface area contributed by atoms with Crippen LogP contribution >= 0.6 is 15.9 Å². The third-order valence-corrected chi connectivity index (χ3v) is 4.91. The fourth-order valence-electron chi connectivity index (χ4n) is 2.83. The fraction of sp³-hybridized carbons (Fsp3) is 0.316. The summed E-state index contributed by atoms with van der Waals surface area (Å²) in [4.78, 5) is 14.6. The van der Waals surface area contributed by atoms with E-state index in [-0.39, 0.29) is 5.91 Å². The summed E-state index contributed by atoms with van der Waals surface area (Å²) < 4.78 is 0.967. The summed E-state index contributed by atoms with van der Waals surface area (Å²) in [5.74, 6) is 0.743. The second-order valence-electron chi connectivity index (χ2n) is 6.18. The van der Waals surface area contributed by atoms with Gasteiger partial charge >= 0.3 is 0 Å². The van der Waals surface area contributed by atoms with Gasteiger partial charge in [0.2, 0.25) is 0 Å². The lowest BCUT2D eigenvalue weighted by Crippen LogP contribution is -2.32. The molecule has 23 heavy (non-hydrogen) atoms. The SMILES string of the molecule is CC1CCN(c2ccc(NC(=O)c3ccc(Br)cc3)cc2)CC1. The van der Waals surface area contributed by atoms with Crippen molar-refractivity contribution in [3.05, 3.63) is 58.6 Å². The minimum Gasteiger partial charge on any atom is -0.372 e. The molecular formula is C19H21BrN2O. The predicted molar refractivity (Wildman–Crippen MR) is 99.1 cm³/mol. The van der Waals surface area contributed by atoms with Crippen molar-refractivity contribution in [2.75, 3.05) is 23.3 Å². The van der Waals surface area contributed by atoms with E-state index in [0.717, 1.165) is 29.2 Å². The monoisotopic (exact) mass is 372 g/mol. The number of amides is 1. The molecule has 0 atom stereocenters. The average molecular weight is 373 g/mol. The molecule has 1 heterocycles. The Morgan fingerprint density at radius 3 is 2.26 bits per heavy atom. The summed E-state index contributed by atoms with van der Waals surface area (Å²) in [6, 6.07) is 15.5. The first kappa shape index (κ1) is 16.1. The molecule has 2 aromatic carbocycles. The zero-order chi connectivity index (χ0) is 16.2. The number of hydrogen-bond acceptors (Lipinski definition) is 2. The molecule has 2 aromatic rings. The number of hydrogen-bond donors (Lipinski definition) is 1. The molecule has 4 heteroatoms. The number of benzene rings is 2. The maximum Gasteiger partial charge on any atom is 0.255 e. The highest BCUT2D eigenvalue weighted by atomic mass is 79.9. The first-order valence-corrected chi connectivity index (χ1v) is 8.83. The summed E-state index contributed by atoms with van der Waals surface area (Å²) in [5, 5.41) is 2.94. The van der Waals surface area contributed by atoms with Crippen LogP contribution in [0.25, 0.3) is 0 Å². The average Bonchev–Trinajstić information content (AvgIpc) is 2.57. The second kappa shape index (κ2) is 7.18. The van der Waals surface area contributed by atoms with Gasteiger partial charge in [-0.3, -0.25) is 4.79 Å². The van der Waals surface area contributed by atoms with Gasteiger partial charge in [0.1, 0.15) is 0 Å². The standard InChI is InChI=1S/C19H21BrN2O/c1-14-10-12-22(13-11-14)18-8-6-17(7-9-18)21-19(23)15-2-4-16(20)5-3-15/h2-9,14H,10-13H2,1H3,(H,21,23). The van der Waals surface area contributed by atoms with Crippen molar-refractivity contribution in [3.63, 3.8) is 0 Å². The lowest BCUT2D eigenvalue weighted by Gasteiger charge is -2.32. The summed E-state index contributed by atoms with van der Waals surface area (Å²) in [6.07, 6.45) is 2.50. The van der Waals surface area contributed by atoms with Gasteiger partial charge in [-0.25, -0.2) is 0 Å². The van der Waals surface area contributed by atoms with E-state index in [1.807, 2.05) is 36.4 Å². The van der Waals surface area contributed by atoms with Gasteiger partial charge in [0.05, 0.1) is 0 Å². The molecule has 1 aliphatic heterocycles. The molecule has 1 N–H and O–H groups in total. The second-order valence-corrected chi connectivity index (χ2v) is 7.09. The molecule has 3 rings (SSSR count). The van der Waals surface area contributed by atoms with Gasteiger partial charge in [-0.2, -0.15) is 0 Å². The molecule has 1 amide bonds. The number of halogens is 1. The van der Waals surface area contributed by atoms with E-state index in [2.05, 4.69) is 45.2 Å². The highest BCUT2D eigenvalue weighted by Gasteiger charge is 2.16. The van der Waals surface area contributed by atoms with Crippen LogP contribution in [-0.2, 0) is 0 Å². The minimum absolute atomic E-state index is 0.0861. The molecule has 0 unspecified atom stereocenters. The Balaban J connectivity index is 1.63. The molecule has 0 spiro atoms. The smallest absolute Gasteiger partial charge is 0.255 e. The van der Waals surface area contributed by atoms with E-state index >= 15 is 0 Å². The van der Waals surface area contributed by atoms with Crippen molar-refractivity contribution in [1.29, 1.82) is 0 Å². The fourth-order valence-corrected chi connectivity index (χ4v) is 3.09. The quantitative estimate of drug-likeness (QED) is 0.827. The van der Waals surface area contributed by atoms with Crippen molar-refractivity contribution >= 4 is 33.2 Å². The van der Waals surface area contributed by atoms with Gasteiger partial charge in [-0.05, 0) is 67.3 Å². The van der Waals surface area contributed by atoms with E-state index in [1.54, 1.807) is 0 Å². The molecule has 0 saturated carbocycles. The molecule has 0 bridgehead atoms. The van der Waals surface area contributed by atoms with E-state index in [9.17, 15) is 4.79 Å². The number of carbonyl (C=O) groups is 1. The highest BCUT2D eigenvalue weighted by molar-refractivity contribution is 9.10. The third kappa shape index (κ3) is 4.14. The van der Waals surface area contributed by atoms with Gasteiger partial charge in [-0.15, -0.1) is 0 Å². The minimum atomic E-state index is -0.0861. The maximum absolute atomic E-state index is 12.2. The van der Waals surface area contributed by atoms with Gasteiger partial charge in [0.15, 0.2) is 0 Å². The summed E-state index contributed by atoms with van der Waals surface area (Å²) >= 11 is 3.37. The Hall–Kier alpha value is -1.81. The highest BCUT2D eigenvalue weighted by Crippen LogP contribution is 2.24. The number of nitrogens with one attached hydrogen (secondary N) is 1. The van der Waals surface area contributed by atoms with Crippen LogP contribution in [0, 0.1) is 5.92 Å². The molecule has 1 aliphatic rings. The first-order valence-electron chi connectivity index (χ1n) is 8.04. The topological polar surface area (TPSA) is 32.3 Å². The van der Waals surface area contributed by atoms with E-state index in [0.29, 0.717) is 5.56 Å². The Labute approximate surface area is 145 Å². The zero-order valence-corrected chi connectivity index (χ0v) is 14.8. The summed E-state index contributed by atoms with van der Waals surface area (Å²) in [6.45, 7) is 4.55. The number of carbonyl (C=O) groups excluding carboxylic acids is 1. The van der Waals surface area contributed by atoms with Crippen molar-refractivity contribution in [1.82, 2.24) is 0 Å². The van der Waals surface area contributed by atoms with E-state index in [4.69, 9.17) is 0 Å². The Kier molecular flexibility index (Phi) is 5.01. The Morgan fingerprint density at radius 2 is 1.65 bits per heavy atom. The number of piperidine rings is 1. The van der Waals surface area contributed by atoms with Crippen molar-refractivity contribution < 1.29 is 4.79 Å². The van der Waals surface area contributed by atoms with Crippen LogP contribution in [0.5, 0.6) is 0 Å². The predicted octanol–water partition coefficient (Wildman–Crippen LogP) is 4.94. The molecule has 1 saturated heterocycles. The molecule has 3 nitrogen and oxygen atoms in total. The van der Waals surface area contributed by atoms with Crippen molar-refractivity contribution in [3.8, 4) is 0 Å². The van der Waals surface area contributed by atoms with Crippen LogP contribution in [0.4, 0.5) is 11.4 Å². The lowest BCUT2D eigenvalue weighted by molar-refractivity contribution is 0.102. The molecular weight excluding hydrogens is 352 g/mol. The molecule has 120 valence electrons. The lowest BCUT2D eigenvalue weighted by atomic mass is 9.99. The van der Waals surface area contributed by atoms with E-state index in [1.165, 1.54) is 18.5 Å². The van der Waals surface area contributed by atoms with Crippen LogP contribution in [0.2, 0.25) is 0 Å². The van der Waals surface area contributed by atoms with Gasteiger partial charge < -0.3 is 10.2 Å². The molecule has 0 aromatic heterocycles. The Morgan fingerprint density at radius 1 is 1.04 bits per heavy atom. The number of rotatable bonds is 3. The third-order valence-electron chi connectivity index (χ3n) is 4.38. The molecule has 1 fully saturated rings. The van der Waals surface area contributed by atoms with E-state index < -0.39 is 0 Å². The van der Waals surface area contributed by atoms with Crippen molar-refractivity contribution in [2.45, 2.75) is 19.8 Å². The Bertz CT molecular complexity index is 659. The van der Waals surface area contributed by atoms with Gasteiger partial charge in [-0.1, -0.05) is 22.9 Å². The normalized spacial score (nSPS) is 15.5. The van der Waals surface area contributed by atoms with Crippen LogP contribution in [0.15, 0.2) is 53.0 Å². The zero-order valence-electron chi connectivity index (χ0n) is 13.3. The number of nitrogens with zero attached hydrogens (tertiary/aromatic N) is 1. The molecule has 0 aliphatic carbocycles. The van der Waals surface area contributed by atoms with Gasteiger partial charge in [0.25, 0.3) is 5.91 Å². The molecule has 0 radical (unpaired) electrons. The first-order chi connectivity index (χ1) is 11.1. The van der Waals surface area contributed by atoms with Crippen LogP contribution in [0.3, 0.4) is 0 Å². The largest absolute Gasteiger partial charge is 0.372 e.